The highest BCUT2D eigenvalue weighted by atomic mass is 32.1. The molecule has 2 atom stereocenters. The van der Waals surface area contributed by atoms with E-state index in [4.69, 9.17) is 0 Å². The predicted octanol–water partition coefficient (Wildman–Crippen LogP) is 2.96. The summed E-state index contributed by atoms with van der Waals surface area (Å²) in [5.74, 6) is 0. The monoisotopic (exact) mass is 247 g/mol. The lowest BCUT2D eigenvalue weighted by Gasteiger charge is -2.20. The lowest BCUT2D eigenvalue weighted by molar-refractivity contribution is 0.135. The van der Waals surface area contributed by atoms with E-state index >= 15 is 0 Å². The van der Waals surface area contributed by atoms with Gasteiger partial charge < -0.3 is 10.4 Å². The molecule has 2 aromatic rings. The quantitative estimate of drug-likeness (QED) is 0.851. The van der Waals surface area contributed by atoms with Gasteiger partial charge in [0.2, 0.25) is 0 Å². The van der Waals surface area contributed by atoms with E-state index in [1.807, 2.05) is 43.3 Å². The van der Waals surface area contributed by atoms with Crippen LogP contribution in [-0.2, 0) is 6.54 Å². The molecule has 17 heavy (non-hydrogen) atoms. The first-order valence-electron chi connectivity index (χ1n) is 5.76. The van der Waals surface area contributed by atoms with Gasteiger partial charge in [0.05, 0.1) is 6.10 Å². The van der Waals surface area contributed by atoms with E-state index in [1.54, 1.807) is 11.3 Å². The smallest absolute Gasteiger partial charge is 0.0940 e. The molecule has 2 N–H and O–H groups in total. The van der Waals surface area contributed by atoms with Crippen molar-refractivity contribution in [2.45, 2.75) is 25.6 Å². The fourth-order valence-corrected chi connectivity index (χ4v) is 2.38. The average Bonchev–Trinajstić information content (AvgIpc) is 2.89. The van der Waals surface area contributed by atoms with Crippen molar-refractivity contribution in [1.29, 1.82) is 0 Å². The Kier molecular flexibility index (Phi) is 4.31. The number of rotatable bonds is 5. The van der Waals surface area contributed by atoms with Crippen molar-refractivity contribution in [2.75, 3.05) is 0 Å². The number of benzene rings is 1. The summed E-state index contributed by atoms with van der Waals surface area (Å²) in [6.07, 6.45) is -0.462. The standard InChI is InChI=1S/C14H17NOS/c1-11(15-10-13-8-5-9-17-13)14(16)12-6-3-2-4-7-12/h2-9,11,14-16H,10H2,1H3. The molecule has 0 aliphatic heterocycles. The van der Waals surface area contributed by atoms with Crippen LogP contribution in [0.5, 0.6) is 0 Å². The van der Waals surface area contributed by atoms with Gasteiger partial charge >= 0.3 is 0 Å². The lowest BCUT2D eigenvalue weighted by atomic mass is 10.0. The maximum atomic E-state index is 10.2. The van der Waals surface area contributed by atoms with Crippen LogP contribution in [-0.4, -0.2) is 11.1 Å². The topological polar surface area (TPSA) is 32.3 Å². The third-order valence-corrected chi connectivity index (χ3v) is 3.67. The fourth-order valence-electron chi connectivity index (χ4n) is 1.73. The fraction of sp³-hybridized carbons (Fsp3) is 0.286. The summed E-state index contributed by atoms with van der Waals surface area (Å²) in [6, 6.07) is 13.9. The number of thiophene rings is 1. The molecule has 2 nitrogen and oxygen atoms in total. The van der Waals surface area contributed by atoms with E-state index in [1.165, 1.54) is 4.88 Å². The van der Waals surface area contributed by atoms with E-state index in [-0.39, 0.29) is 6.04 Å². The molecule has 0 aliphatic rings. The number of nitrogens with one attached hydrogen (secondary N) is 1. The maximum absolute atomic E-state index is 10.2. The van der Waals surface area contributed by atoms with Crippen LogP contribution in [0.3, 0.4) is 0 Å². The van der Waals surface area contributed by atoms with Gasteiger partial charge in [-0.2, -0.15) is 0 Å². The van der Waals surface area contributed by atoms with Crippen LogP contribution < -0.4 is 5.32 Å². The molecule has 2 rings (SSSR count). The third kappa shape index (κ3) is 3.40. The highest BCUT2D eigenvalue weighted by molar-refractivity contribution is 7.09. The molecule has 0 spiro atoms. The molecule has 0 fully saturated rings. The third-order valence-electron chi connectivity index (χ3n) is 2.79. The van der Waals surface area contributed by atoms with E-state index < -0.39 is 6.10 Å². The van der Waals surface area contributed by atoms with Gasteiger partial charge in [-0.15, -0.1) is 11.3 Å². The molecule has 1 aromatic heterocycles. The summed E-state index contributed by atoms with van der Waals surface area (Å²) in [7, 11) is 0. The summed E-state index contributed by atoms with van der Waals surface area (Å²) in [6.45, 7) is 2.81. The Balaban J connectivity index is 1.89. The Hall–Kier alpha value is -1.16. The minimum absolute atomic E-state index is 0.0412. The molecule has 0 radical (unpaired) electrons. The van der Waals surface area contributed by atoms with Crippen LogP contribution in [0.15, 0.2) is 47.8 Å². The maximum Gasteiger partial charge on any atom is 0.0940 e. The van der Waals surface area contributed by atoms with Gasteiger partial charge in [0, 0.05) is 17.5 Å². The van der Waals surface area contributed by atoms with Crippen molar-refractivity contribution in [3.05, 3.63) is 58.3 Å². The molecule has 0 saturated heterocycles. The van der Waals surface area contributed by atoms with Gasteiger partial charge in [-0.1, -0.05) is 36.4 Å². The highest BCUT2D eigenvalue weighted by Crippen LogP contribution is 2.17. The van der Waals surface area contributed by atoms with Crippen LogP contribution in [0.4, 0.5) is 0 Å². The Morgan fingerprint density at radius 3 is 2.59 bits per heavy atom. The first kappa shape index (κ1) is 12.3. The summed E-state index contributed by atoms with van der Waals surface area (Å²) >= 11 is 1.73. The van der Waals surface area contributed by atoms with E-state index in [0.29, 0.717) is 0 Å². The lowest BCUT2D eigenvalue weighted by Crippen LogP contribution is -2.31. The first-order chi connectivity index (χ1) is 8.27. The van der Waals surface area contributed by atoms with Crippen LogP contribution in [0.2, 0.25) is 0 Å². The number of aliphatic hydroxyl groups excluding tert-OH is 1. The molecule has 0 aliphatic carbocycles. The molecule has 2 unspecified atom stereocenters. The largest absolute Gasteiger partial charge is 0.387 e. The first-order valence-corrected chi connectivity index (χ1v) is 6.64. The highest BCUT2D eigenvalue weighted by Gasteiger charge is 2.15. The number of hydrogen-bond donors (Lipinski definition) is 2. The van der Waals surface area contributed by atoms with Gasteiger partial charge in [-0.3, -0.25) is 0 Å². The molecule has 3 heteroatoms. The van der Waals surface area contributed by atoms with Gasteiger partial charge in [0.15, 0.2) is 0 Å². The molecule has 90 valence electrons. The second kappa shape index (κ2) is 5.96. The molecular formula is C14H17NOS. The molecular weight excluding hydrogens is 230 g/mol. The van der Waals surface area contributed by atoms with Gasteiger partial charge in [0.25, 0.3) is 0 Å². The van der Waals surface area contributed by atoms with Gasteiger partial charge in [0.1, 0.15) is 0 Å². The Labute approximate surface area is 106 Å². The zero-order valence-corrected chi connectivity index (χ0v) is 10.7. The van der Waals surface area contributed by atoms with Crippen molar-refractivity contribution in [2.24, 2.45) is 0 Å². The van der Waals surface area contributed by atoms with Crippen LogP contribution >= 0.6 is 11.3 Å². The number of hydrogen-bond acceptors (Lipinski definition) is 3. The van der Waals surface area contributed by atoms with Crippen molar-refractivity contribution in [3.63, 3.8) is 0 Å². The Bertz CT molecular complexity index is 427. The van der Waals surface area contributed by atoms with Crippen molar-refractivity contribution >= 4 is 11.3 Å². The minimum atomic E-state index is -0.462. The molecule has 1 aromatic carbocycles. The zero-order chi connectivity index (χ0) is 12.1. The minimum Gasteiger partial charge on any atom is -0.387 e. The van der Waals surface area contributed by atoms with Crippen molar-refractivity contribution in [3.8, 4) is 0 Å². The second-order valence-corrected chi connectivity index (χ2v) is 5.14. The van der Waals surface area contributed by atoms with E-state index in [0.717, 1.165) is 12.1 Å². The number of aliphatic hydroxyl groups is 1. The van der Waals surface area contributed by atoms with E-state index in [9.17, 15) is 5.11 Å². The van der Waals surface area contributed by atoms with Crippen molar-refractivity contribution in [1.82, 2.24) is 5.32 Å². The predicted molar refractivity (Wildman–Crippen MR) is 72.0 cm³/mol. The van der Waals surface area contributed by atoms with Crippen LogP contribution in [0.25, 0.3) is 0 Å². The van der Waals surface area contributed by atoms with Gasteiger partial charge in [-0.25, -0.2) is 0 Å². The van der Waals surface area contributed by atoms with Gasteiger partial charge in [-0.05, 0) is 23.9 Å². The Morgan fingerprint density at radius 2 is 1.94 bits per heavy atom. The van der Waals surface area contributed by atoms with E-state index in [2.05, 4.69) is 16.8 Å². The van der Waals surface area contributed by atoms with Crippen LogP contribution in [0.1, 0.15) is 23.5 Å². The zero-order valence-electron chi connectivity index (χ0n) is 9.84. The second-order valence-electron chi connectivity index (χ2n) is 4.10. The summed E-state index contributed by atoms with van der Waals surface area (Å²) in [5.41, 5.74) is 0.957. The Morgan fingerprint density at radius 1 is 1.18 bits per heavy atom. The van der Waals surface area contributed by atoms with Crippen molar-refractivity contribution < 1.29 is 5.11 Å². The molecule has 0 saturated carbocycles. The normalized spacial score (nSPS) is 14.5. The van der Waals surface area contributed by atoms with Crippen LogP contribution in [0, 0.1) is 0 Å². The average molecular weight is 247 g/mol. The molecule has 0 bridgehead atoms. The summed E-state index contributed by atoms with van der Waals surface area (Å²) < 4.78 is 0. The molecule has 0 amide bonds. The summed E-state index contributed by atoms with van der Waals surface area (Å²) in [4.78, 5) is 1.29. The SMILES string of the molecule is CC(NCc1cccs1)C(O)c1ccccc1. The summed E-state index contributed by atoms with van der Waals surface area (Å²) in [5, 5.41) is 15.6. The molecule has 1 heterocycles.